The van der Waals surface area contributed by atoms with Crippen LogP contribution in [0, 0.1) is 0 Å². The first kappa shape index (κ1) is 23.4. The van der Waals surface area contributed by atoms with Crippen LogP contribution in [0.15, 0.2) is 71.7 Å². The zero-order chi connectivity index (χ0) is 25.3. The van der Waals surface area contributed by atoms with Crippen molar-refractivity contribution in [1.82, 2.24) is 20.1 Å². The van der Waals surface area contributed by atoms with Gasteiger partial charge in [0, 0.05) is 11.6 Å². The topological polar surface area (TPSA) is 112 Å². The van der Waals surface area contributed by atoms with E-state index in [-0.39, 0.29) is 31.4 Å². The molecule has 2 N–H and O–H groups in total. The highest BCUT2D eigenvalue weighted by Gasteiger charge is 2.42. The van der Waals surface area contributed by atoms with E-state index in [1.54, 1.807) is 22.9 Å². The van der Waals surface area contributed by atoms with Crippen molar-refractivity contribution in [3.8, 4) is 22.9 Å². The maximum Gasteiger partial charge on any atom is 0.416 e. The van der Waals surface area contributed by atoms with E-state index in [4.69, 9.17) is 13.9 Å². The lowest BCUT2D eigenvalue weighted by molar-refractivity contribution is -0.137. The number of nitrogens with one attached hydrogen (secondary N) is 1. The van der Waals surface area contributed by atoms with Gasteiger partial charge in [-0.1, -0.05) is 18.2 Å². The molecule has 3 heterocycles. The molecular weight excluding hydrogens is 481 g/mol. The minimum Gasteiger partial charge on any atom is -0.465 e. The number of aromatic nitrogens is 3. The standard InChI is InChI=1S/C24H19F3N4O5/c25-24(26,27)16-4-6-19(7-5-16)36-21-9-20(31(30-21)10-18-11-34-14-28-18)15-2-1-3-17(8-15)23(12-35-13-23)29-22(32)33/h1-9,11,14,29H,10,12-13H2,(H,32,33). The SMILES string of the molecule is O=C(O)NC1(c2cccc(-c3cc(Oc4ccc(C(F)(F)F)cc4)nn3Cc3cocn3)c2)COC1. The summed E-state index contributed by atoms with van der Waals surface area (Å²) in [7, 11) is 0. The van der Waals surface area contributed by atoms with Gasteiger partial charge in [0.25, 0.3) is 0 Å². The normalized spacial score (nSPS) is 14.8. The van der Waals surface area contributed by atoms with E-state index in [0.29, 0.717) is 22.5 Å². The maximum atomic E-state index is 12.9. The Bertz CT molecular complexity index is 1360. The molecule has 4 aromatic rings. The van der Waals surface area contributed by atoms with E-state index in [9.17, 15) is 23.1 Å². The molecule has 0 aliphatic carbocycles. The van der Waals surface area contributed by atoms with Crippen LogP contribution in [0.25, 0.3) is 11.3 Å². The molecule has 0 radical (unpaired) electrons. The Kier molecular flexibility index (Phi) is 5.88. The zero-order valence-corrected chi connectivity index (χ0v) is 18.5. The molecule has 1 amide bonds. The Morgan fingerprint density at radius 2 is 1.94 bits per heavy atom. The molecule has 2 aromatic heterocycles. The summed E-state index contributed by atoms with van der Waals surface area (Å²) < 4.78 is 56.3. The number of ether oxygens (including phenoxy) is 2. The van der Waals surface area contributed by atoms with E-state index in [1.807, 2.05) is 12.1 Å². The van der Waals surface area contributed by atoms with E-state index in [0.717, 1.165) is 12.1 Å². The molecule has 1 aliphatic heterocycles. The monoisotopic (exact) mass is 500 g/mol. The first-order chi connectivity index (χ1) is 17.2. The Balaban J connectivity index is 1.48. The second kappa shape index (κ2) is 9.04. The van der Waals surface area contributed by atoms with Crippen LogP contribution in [0.4, 0.5) is 18.0 Å². The molecule has 0 bridgehead atoms. The van der Waals surface area contributed by atoms with Gasteiger partial charge < -0.3 is 24.3 Å². The molecule has 0 atom stereocenters. The highest BCUT2D eigenvalue weighted by atomic mass is 19.4. The van der Waals surface area contributed by atoms with Crippen LogP contribution in [-0.4, -0.2) is 39.2 Å². The number of hydrogen-bond acceptors (Lipinski definition) is 6. The number of carbonyl (C=O) groups is 1. The molecule has 1 saturated heterocycles. The van der Waals surface area contributed by atoms with Gasteiger partial charge in [0.2, 0.25) is 5.88 Å². The Labute approximate surface area is 202 Å². The summed E-state index contributed by atoms with van der Waals surface area (Å²) in [5, 5.41) is 16.3. The highest BCUT2D eigenvalue weighted by molar-refractivity contribution is 5.68. The fourth-order valence-electron chi connectivity index (χ4n) is 3.90. The van der Waals surface area contributed by atoms with Crippen molar-refractivity contribution in [2.75, 3.05) is 13.2 Å². The van der Waals surface area contributed by atoms with Crippen LogP contribution in [0.5, 0.6) is 11.6 Å². The summed E-state index contributed by atoms with van der Waals surface area (Å²) in [4.78, 5) is 15.5. The number of rotatable bonds is 7. The number of benzene rings is 2. The number of hydrogen-bond donors (Lipinski definition) is 2. The molecule has 5 rings (SSSR count). The third-order valence-corrected chi connectivity index (χ3v) is 5.71. The third-order valence-electron chi connectivity index (χ3n) is 5.71. The van der Waals surface area contributed by atoms with Crippen LogP contribution in [0.1, 0.15) is 16.8 Å². The van der Waals surface area contributed by atoms with E-state index in [1.165, 1.54) is 24.8 Å². The minimum atomic E-state index is -4.45. The van der Waals surface area contributed by atoms with Crippen molar-refractivity contribution in [1.29, 1.82) is 0 Å². The van der Waals surface area contributed by atoms with Gasteiger partial charge in [-0.25, -0.2) is 9.78 Å². The minimum absolute atomic E-state index is 0.156. The van der Waals surface area contributed by atoms with Crippen LogP contribution in [0.2, 0.25) is 0 Å². The van der Waals surface area contributed by atoms with Crippen molar-refractivity contribution in [3.05, 3.63) is 84.1 Å². The molecule has 36 heavy (non-hydrogen) atoms. The molecule has 0 saturated carbocycles. The molecule has 2 aromatic carbocycles. The number of amides is 1. The summed E-state index contributed by atoms with van der Waals surface area (Å²) >= 11 is 0. The lowest BCUT2D eigenvalue weighted by atomic mass is 9.87. The van der Waals surface area contributed by atoms with Gasteiger partial charge in [0.15, 0.2) is 6.39 Å². The van der Waals surface area contributed by atoms with Crippen LogP contribution in [0.3, 0.4) is 0 Å². The lowest BCUT2D eigenvalue weighted by Crippen LogP contribution is -2.59. The summed E-state index contributed by atoms with van der Waals surface area (Å²) in [6.07, 6.45) is -2.85. The van der Waals surface area contributed by atoms with Gasteiger partial charge in [-0.15, -0.1) is 5.10 Å². The highest BCUT2D eigenvalue weighted by Crippen LogP contribution is 2.35. The number of nitrogens with zero attached hydrogens (tertiary/aromatic N) is 3. The molecule has 1 fully saturated rings. The summed E-state index contributed by atoms with van der Waals surface area (Å²) in [5.74, 6) is 0.342. The molecule has 0 unspecified atom stereocenters. The first-order valence-electron chi connectivity index (χ1n) is 10.7. The number of alkyl halides is 3. The quantitative estimate of drug-likeness (QED) is 0.372. The molecule has 1 aliphatic rings. The molecule has 0 spiro atoms. The summed E-state index contributed by atoms with van der Waals surface area (Å²) in [5.41, 5.74) is 0.990. The number of oxazole rings is 1. The predicted molar refractivity (Wildman–Crippen MR) is 118 cm³/mol. The van der Waals surface area contributed by atoms with E-state index < -0.39 is 23.4 Å². The summed E-state index contributed by atoms with van der Waals surface area (Å²) in [6, 6.07) is 13.2. The average molecular weight is 500 g/mol. The second-order valence-corrected chi connectivity index (χ2v) is 8.22. The van der Waals surface area contributed by atoms with Crippen molar-refractivity contribution in [2.45, 2.75) is 18.3 Å². The van der Waals surface area contributed by atoms with E-state index in [2.05, 4.69) is 15.4 Å². The van der Waals surface area contributed by atoms with Gasteiger partial charge in [-0.2, -0.15) is 13.2 Å². The number of halogens is 3. The Morgan fingerprint density at radius 1 is 1.17 bits per heavy atom. The van der Waals surface area contributed by atoms with Crippen LogP contribution < -0.4 is 10.1 Å². The van der Waals surface area contributed by atoms with Crippen LogP contribution >= 0.6 is 0 Å². The Hall–Kier alpha value is -4.32. The smallest absolute Gasteiger partial charge is 0.416 e. The molecule has 9 nitrogen and oxygen atoms in total. The average Bonchev–Trinajstić information content (AvgIpc) is 3.46. The zero-order valence-electron chi connectivity index (χ0n) is 18.5. The van der Waals surface area contributed by atoms with Gasteiger partial charge in [-0.05, 0) is 35.9 Å². The molecular formula is C24H19F3N4O5. The maximum absolute atomic E-state index is 12.9. The number of carboxylic acid groups (broad SMARTS) is 1. The second-order valence-electron chi connectivity index (χ2n) is 8.22. The fraction of sp³-hybridized carbons (Fsp3) is 0.208. The predicted octanol–water partition coefficient (Wildman–Crippen LogP) is 4.89. The molecule has 12 heteroatoms. The van der Waals surface area contributed by atoms with E-state index >= 15 is 0 Å². The van der Waals surface area contributed by atoms with Crippen molar-refractivity contribution in [2.24, 2.45) is 0 Å². The van der Waals surface area contributed by atoms with Gasteiger partial charge in [-0.3, -0.25) is 4.68 Å². The van der Waals surface area contributed by atoms with Crippen molar-refractivity contribution in [3.63, 3.8) is 0 Å². The lowest BCUT2D eigenvalue weighted by Gasteiger charge is -2.41. The van der Waals surface area contributed by atoms with Gasteiger partial charge >= 0.3 is 12.3 Å². The van der Waals surface area contributed by atoms with Gasteiger partial charge in [0.1, 0.15) is 23.2 Å². The largest absolute Gasteiger partial charge is 0.465 e. The first-order valence-corrected chi connectivity index (χ1v) is 10.7. The van der Waals surface area contributed by atoms with Crippen molar-refractivity contribution >= 4 is 6.09 Å². The summed E-state index contributed by atoms with van der Waals surface area (Å²) in [6.45, 7) is 0.626. The van der Waals surface area contributed by atoms with Crippen LogP contribution in [-0.2, 0) is 23.0 Å². The van der Waals surface area contributed by atoms with Gasteiger partial charge in [0.05, 0.1) is 31.0 Å². The van der Waals surface area contributed by atoms with Crippen molar-refractivity contribution < 1.29 is 37.0 Å². The Morgan fingerprint density at radius 3 is 2.56 bits per heavy atom. The molecule has 186 valence electrons. The third kappa shape index (κ3) is 4.75. The fourth-order valence-corrected chi connectivity index (χ4v) is 3.90.